The summed E-state index contributed by atoms with van der Waals surface area (Å²) < 4.78 is 0. The average Bonchev–Trinajstić information content (AvgIpc) is 2.99. The van der Waals surface area contributed by atoms with Crippen molar-refractivity contribution in [2.24, 2.45) is 17.6 Å². The minimum absolute atomic E-state index is 0.155. The predicted molar refractivity (Wildman–Crippen MR) is 70.9 cm³/mol. The van der Waals surface area contributed by atoms with Crippen molar-refractivity contribution >= 4 is 17.2 Å². The summed E-state index contributed by atoms with van der Waals surface area (Å²) in [5, 5.41) is 7.23. The van der Waals surface area contributed by atoms with Crippen LogP contribution in [0.5, 0.6) is 0 Å². The normalized spacial score (nSPS) is 23.8. The molecule has 3 N–H and O–H groups in total. The molecule has 0 saturated heterocycles. The number of carbonyl (C=O) groups excluding carboxylic acids is 1. The first-order valence-electron chi connectivity index (χ1n) is 6.30. The third kappa shape index (κ3) is 3.30. The third-order valence-electron chi connectivity index (χ3n) is 3.59. The van der Waals surface area contributed by atoms with Crippen molar-refractivity contribution in [2.75, 3.05) is 13.1 Å². The Labute approximate surface area is 106 Å². The van der Waals surface area contributed by atoms with Crippen LogP contribution in [-0.4, -0.2) is 19.0 Å². The Morgan fingerprint density at radius 1 is 1.53 bits per heavy atom. The summed E-state index contributed by atoms with van der Waals surface area (Å²) in [6, 6.07) is 2.11. The molecule has 1 heterocycles. The number of carbonyl (C=O) groups is 1. The Balaban J connectivity index is 1.73. The topological polar surface area (TPSA) is 55.1 Å². The van der Waals surface area contributed by atoms with E-state index in [1.807, 2.05) is 0 Å². The zero-order valence-corrected chi connectivity index (χ0v) is 10.8. The van der Waals surface area contributed by atoms with Crippen LogP contribution in [0.1, 0.15) is 24.8 Å². The van der Waals surface area contributed by atoms with Crippen LogP contribution in [0.3, 0.4) is 0 Å². The van der Waals surface area contributed by atoms with Crippen LogP contribution in [0.25, 0.3) is 0 Å². The van der Waals surface area contributed by atoms with E-state index in [2.05, 4.69) is 22.1 Å². The molecule has 17 heavy (non-hydrogen) atoms. The summed E-state index contributed by atoms with van der Waals surface area (Å²) in [6.45, 7) is 1.38. The number of amides is 1. The van der Waals surface area contributed by atoms with Crippen molar-refractivity contribution in [1.82, 2.24) is 5.32 Å². The monoisotopic (exact) mass is 252 g/mol. The van der Waals surface area contributed by atoms with Gasteiger partial charge in [0.25, 0.3) is 0 Å². The van der Waals surface area contributed by atoms with Crippen LogP contribution in [-0.2, 0) is 11.2 Å². The molecule has 94 valence electrons. The van der Waals surface area contributed by atoms with Crippen molar-refractivity contribution in [3.8, 4) is 0 Å². The van der Waals surface area contributed by atoms with Crippen LogP contribution >= 0.6 is 11.3 Å². The molecular formula is C13H20N2OS. The SMILES string of the molecule is NCC1CCCC1C(=O)NCCc1ccsc1. The Hall–Kier alpha value is -0.870. The highest BCUT2D eigenvalue weighted by Crippen LogP contribution is 2.30. The average molecular weight is 252 g/mol. The molecule has 0 aromatic carbocycles. The Morgan fingerprint density at radius 3 is 3.12 bits per heavy atom. The number of nitrogens with one attached hydrogen (secondary N) is 1. The lowest BCUT2D eigenvalue weighted by Crippen LogP contribution is -2.36. The molecule has 2 atom stereocenters. The minimum atomic E-state index is 0.155. The molecule has 1 aromatic heterocycles. The summed E-state index contributed by atoms with van der Waals surface area (Å²) in [6.07, 6.45) is 4.19. The van der Waals surface area contributed by atoms with Gasteiger partial charge in [-0.15, -0.1) is 0 Å². The lowest BCUT2D eigenvalue weighted by Gasteiger charge is -2.17. The number of thiophene rings is 1. The molecule has 0 radical (unpaired) electrons. The molecule has 1 aromatic rings. The molecular weight excluding hydrogens is 232 g/mol. The van der Waals surface area contributed by atoms with Gasteiger partial charge in [-0.2, -0.15) is 11.3 Å². The molecule has 1 saturated carbocycles. The predicted octanol–water partition coefficient (Wildman–Crippen LogP) is 1.78. The highest BCUT2D eigenvalue weighted by molar-refractivity contribution is 7.07. The molecule has 4 heteroatoms. The number of nitrogens with two attached hydrogens (primary N) is 1. The maximum Gasteiger partial charge on any atom is 0.223 e. The number of hydrogen-bond donors (Lipinski definition) is 2. The lowest BCUT2D eigenvalue weighted by atomic mass is 9.95. The summed E-state index contributed by atoms with van der Waals surface area (Å²) >= 11 is 1.70. The molecule has 1 fully saturated rings. The van der Waals surface area contributed by atoms with Crippen LogP contribution in [0, 0.1) is 11.8 Å². The molecule has 1 aliphatic carbocycles. The zero-order chi connectivity index (χ0) is 12.1. The Morgan fingerprint density at radius 2 is 2.41 bits per heavy atom. The minimum Gasteiger partial charge on any atom is -0.356 e. The summed E-state index contributed by atoms with van der Waals surface area (Å²) in [4.78, 5) is 12.0. The van der Waals surface area contributed by atoms with E-state index in [4.69, 9.17) is 5.73 Å². The maximum absolute atomic E-state index is 12.0. The highest BCUT2D eigenvalue weighted by atomic mass is 32.1. The van der Waals surface area contributed by atoms with E-state index in [1.165, 1.54) is 5.56 Å². The maximum atomic E-state index is 12.0. The van der Waals surface area contributed by atoms with E-state index in [9.17, 15) is 4.79 Å². The second-order valence-electron chi connectivity index (χ2n) is 4.71. The van der Waals surface area contributed by atoms with E-state index in [0.29, 0.717) is 12.5 Å². The van der Waals surface area contributed by atoms with Crippen LogP contribution < -0.4 is 11.1 Å². The van der Waals surface area contributed by atoms with Gasteiger partial charge in [0.15, 0.2) is 0 Å². The van der Waals surface area contributed by atoms with Crippen molar-refractivity contribution < 1.29 is 4.79 Å². The fraction of sp³-hybridized carbons (Fsp3) is 0.615. The first-order chi connectivity index (χ1) is 8.31. The summed E-state index contributed by atoms with van der Waals surface area (Å²) in [5.74, 6) is 0.756. The fourth-order valence-electron chi connectivity index (χ4n) is 2.56. The smallest absolute Gasteiger partial charge is 0.223 e. The van der Waals surface area contributed by atoms with Crippen molar-refractivity contribution in [3.05, 3.63) is 22.4 Å². The van der Waals surface area contributed by atoms with E-state index < -0.39 is 0 Å². The first-order valence-corrected chi connectivity index (χ1v) is 7.24. The summed E-state index contributed by atoms with van der Waals surface area (Å²) in [7, 11) is 0. The van der Waals surface area contributed by atoms with Gasteiger partial charge < -0.3 is 11.1 Å². The zero-order valence-electron chi connectivity index (χ0n) is 10.0. The molecule has 0 spiro atoms. The van der Waals surface area contributed by atoms with Gasteiger partial charge in [0, 0.05) is 12.5 Å². The second kappa shape index (κ2) is 6.17. The Kier molecular flexibility index (Phi) is 4.57. The standard InChI is InChI=1S/C13H20N2OS/c14-8-11-2-1-3-12(11)13(16)15-6-4-10-5-7-17-9-10/h5,7,9,11-12H,1-4,6,8,14H2,(H,15,16). The van der Waals surface area contributed by atoms with Gasteiger partial charge in [-0.1, -0.05) is 6.42 Å². The van der Waals surface area contributed by atoms with Gasteiger partial charge in [-0.25, -0.2) is 0 Å². The molecule has 1 amide bonds. The highest BCUT2D eigenvalue weighted by Gasteiger charge is 2.31. The van der Waals surface area contributed by atoms with Gasteiger partial charge in [-0.05, 0) is 54.1 Å². The van der Waals surface area contributed by atoms with Crippen LogP contribution in [0.4, 0.5) is 0 Å². The van der Waals surface area contributed by atoms with Gasteiger partial charge in [0.05, 0.1) is 0 Å². The third-order valence-corrected chi connectivity index (χ3v) is 4.32. The molecule has 2 rings (SSSR count). The molecule has 3 nitrogen and oxygen atoms in total. The van der Waals surface area contributed by atoms with E-state index in [1.54, 1.807) is 11.3 Å². The van der Waals surface area contributed by atoms with Crippen LogP contribution in [0.15, 0.2) is 16.8 Å². The quantitative estimate of drug-likeness (QED) is 0.839. The van der Waals surface area contributed by atoms with Crippen molar-refractivity contribution in [3.63, 3.8) is 0 Å². The molecule has 2 unspecified atom stereocenters. The molecule has 1 aliphatic rings. The fourth-order valence-corrected chi connectivity index (χ4v) is 3.26. The van der Waals surface area contributed by atoms with Gasteiger partial charge in [-0.3, -0.25) is 4.79 Å². The Bertz CT molecular complexity index is 350. The number of rotatable bonds is 5. The van der Waals surface area contributed by atoms with Gasteiger partial charge in [0.1, 0.15) is 0 Å². The van der Waals surface area contributed by atoms with E-state index in [0.717, 1.165) is 32.2 Å². The molecule has 0 bridgehead atoms. The molecule has 0 aliphatic heterocycles. The van der Waals surface area contributed by atoms with Crippen molar-refractivity contribution in [1.29, 1.82) is 0 Å². The lowest BCUT2D eigenvalue weighted by molar-refractivity contribution is -0.125. The van der Waals surface area contributed by atoms with Gasteiger partial charge >= 0.3 is 0 Å². The number of hydrogen-bond acceptors (Lipinski definition) is 3. The van der Waals surface area contributed by atoms with Crippen LogP contribution in [0.2, 0.25) is 0 Å². The van der Waals surface area contributed by atoms with E-state index in [-0.39, 0.29) is 11.8 Å². The second-order valence-corrected chi connectivity index (χ2v) is 5.49. The largest absolute Gasteiger partial charge is 0.356 e. The van der Waals surface area contributed by atoms with Gasteiger partial charge in [0.2, 0.25) is 5.91 Å². The first kappa shape index (κ1) is 12.6. The van der Waals surface area contributed by atoms with Crippen molar-refractivity contribution in [2.45, 2.75) is 25.7 Å². The summed E-state index contributed by atoms with van der Waals surface area (Å²) in [5.41, 5.74) is 6.99. The van der Waals surface area contributed by atoms with E-state index >= 15 is 0 Å².